The largest absolute Gasteiger partial charge is 0.493 e. The molecule has 0 spiro atoms. The van der Waals surface area contributed by atoms with Crippen LogP contribution in [0.25, 0.3) is 10.9 Å². The molecule has 0 fully saturated rings. The molecule has 152 valence electrons. The second-order valence-corrected chi connectivity index (χ2v) is 7.27. The summed E-state index contributed by atoms with van der Waals surface area (Å²) in [6, 6.07) is 11.8. The predicted octanol–water partition coefficient (Wildman–Crippen LogP) is 4.26. The summed E-state index contributed by atoms with van der Waals surface area (Å²) in [4.78, 5) is 15.6. The van der Waals surface area contributed by atoms with Crippen LogP contribution in [0.4, 0.5) is 5.69 Å². The smallest absolute Gasteiger partial charge is 0.346 e. The highest BCUT2D eigenvalue weighted by Crippen LogP contribution is 2.29. The molecule has 2 N–H and O–H groups in total. The van der Waals surface area contributed by atoms with Crippen molar-refractivity contribution in [2.45, 2.75) is 13.3 Å². The van der Waals surface area contributed by atoms with Gasteiger partial charge in [0.15, 0.2) is 17.7 Å². The van der Waals surface area contributed by atoms with Crippen molar-refractivity contribution < 1.29 is 24.0 Å². The molecule has 0 bridgehead atoms. The third-order valence-corrected chi connectivity index (χ3v) is 5.04. The van der Waals surface area contributed by atoms with Crippen LogP contribution in [0.3, 0.4) is 0 Å². The maximum atomic E-state index is 12.5. The SMILES string of the molecule is CCOC(=O)c1c[nH+]c2ccc(Br)cc2c1NCCc1ccc(OC)c(OC)c1. The highest BCUT2D eigenvalue weighted by Gasteiger charge is 2.20. The summed E-state index contributed by atoms with van der Waals surface area (Å²) >= 11 is 3.51. The van der Waals surface area contributed by atoms with Crippen molar-refractivity contribution in [2.75, 3.05) is 32.7 Å². The van der Waals surface area contributed by atoms with Crippen molar-refractivity contribution in [3.05, 3.63) is 58.2 Å². The highest BCUT2D eigenvalue weighted by atomic mass is 79.9. The number of hydrogen-bond donors (Lipinski definition) is 1. The van der Waals surface area contributed by atoms with Crippen molar-refractivity contribution in [3.63, 3.8) is 0 Å². The van der Waals surface area contributed by atoms with Gasteiger partial charge in [-0.1, -0.05) is 22.0 Å². The van der Waals surface area contributed by atoms with Crippen LogP contribution in [0.15, 0.2) is 47.1 Å². The van der Waals surface area contributed by atoms with E-state index in [4.69, 9.17) is 14.2 Å². The molecular formula is C22H24BrN2O4+. The van der Waals surface area contributed by atoms with Gasteiger partial charge in [0.05, 0.1) is 31.9 Å². The van der Waals surface area contributed by atoms with Crippen molar-refractivity contribution in [1.29, 1.82) is 0 Å². The average Bonchev–Trinajstić information content (AvgIpc) is 2.73. The second-order valence-electron chi connectivity index (χ2n) is 6.35. The Morgan fingerprint density at radius 3 is 2.62 bits per heavy atom. The van der Waals surface area contributed by atoms with E-state index < -0.39 is 0 Å². The summed E-state index contributed by atoms with van der Waals surface area (Å²) in [5, 5.41) is 4.34. The lowest BCUT2D eigenvalue weighted by molar-refractivity contribution is -0.344. The number of esters is 1. The standard InChI is InChI=1S/C22H23BrN2O4/c1-4-29-22(26)17-13-25-18-7-6-15(23)12-16(18)21(17)24-10-9-14-5-8-19(27-2)20(11-14)28-3/h5-8,11-13H,4,9-10H2,1-3H3,(H,24,25)/p+1. The van der Waals surface area contributed by atoms with E-state index >= 15 is 0 Å². The number of H-pyrrole nitrogens is 1. The van der Waals surface area contributed by atoms with Gasteiger partial charge in [0.25, 0.3) is 0 Å². The van der Waals surface area contributed by atoms with Crippen LogP contribution in [-0.4, -0.2) is 33.3 Å². The summed E-state index contributed by atoms with van der Waals surface area (Å²) in [6.45, 7) is 2.75. The molecule has 3 rings (SSSR count). The number of nitrogens with one attached hydrogen (secondary N) is 2. The van der Waals surface area contributed by atoms with Crippen molar-refractivity contribution in [2.24, 2.45) is 0 Å². The molecule has 7 heteroatoms. The third-order valence-electron chi connectivity index (χ3n) is 4.55. The van der Waals surface area contributed by atoms with Gasteiger partial charge in [-0.15, -0.1) is 0 Å². The zero-order chi connectivity index (χ0) is 20.8. The van der Waals surface area contributed by atoms with Gasteiger partial charge in [-0.2, -0.15) is 0 Å². The average molecular weight is 460 g/mol. The van der Waals surface area contributed by atoms with Crippen molar-refractivity contribution in [1.82, 2.24) is 0 Å². The fourth-order valence-electron chi connectivity index (χ4n) is 3.14. The van der Waals surface area contributed by atoms with Crippen molar-refractivity contribution >= 4 is 38.5 Å². The number of fused-ring (bicyclic) bond motifs is 1. The topological polar surface area (TPSA) is 70.9 Å². The minimum Gasteiger partial charge on any atom is -0.493 e. The Morgan fingerprint density at radius 1 is 1.10 bits per heavy atom. The minimum atomic E-state index is -0.362. The summed E-state index contributed by atoms with van der Waals surface area (Å²) in [5.74, 6) is 1.03. The summed E-state index contributed by atoms with van der Waals surface area (Å²) in [7, 11) is 3.24. The van der Waals surface area contributed by atoms with E-state index in [9.17, 15) is 4.79 Å². The number of pyridine rings is 1. The lowest BCUT2D eigenvalue weighted by Gasteiger charge is -2.13. The van der Waals surface area contributed by atoms with E-state index in [-0.39, 0.29) is 5.97 Å². The quantitative estimate of drug-likeness (QED) is 0.509. The molecule has 29 heavy (non-hydrogen) atoms. The molecule has 2 aromatic carbocycles. The molecule has 0 saturated carbocycles. The number of rotatable bonds is 8. The molecule has 0 unspecified atom stereocenters. The van der Waals surface area contributed by atoms with Gasteiger partial charge in [0, 0.05) is 17.1 Å². The van der Waals surface area contributed by atoms with Gasteiger partial charge in [-0.3, -0.25) is 0 Å². The van der Waals surface area contributed by atoms with Crippen LogP contribution in [-0.2, 0) is 11.2 Å². The molecule has 0 radical (unpaired) electrons. The molecule has 0 aliphatic rings. The first-order chi connectivity index (χ1) is 14.1. The summed E-state index contributed by atoms with van der Waals surface area (Å²) in [5.41, 5.74) is 3.25. The van der Waals surface area contributed by atoms with Gasteiger partial charge in [-0.05, 0) is 43.2 Å². The van der Waals surface area contributed by atoms with Gasteiger partial charge < -0.3 is 19.5 Å². The number of aromatic nitrogens is 1. The fraction of sp³-hybridized carbons (Fsp3) is 0.273. The molecular weight excluding hydrogens is 436 g/mol. The first-order valence-corrected chi connectivity index (χ1v) is 10.1. The van der Waals surface area contributed by atoms with Gasteiger partial charge in [-0.25, -0.2) is 9.78 Å². The normalized spacial score (nSPS) is 10.6. The van der Waals surface area contributed by atoms with E-state index in [2.05, 4.69) is 26.2 Å². The zero-order valence-electron chi connectivity index (χ0n) is 16.7. The third kappa shape index (κ3) is 4.79. The van der Waals surface area contributed by atoms with Crippen LogP contribution in [0, 0.1) is 0 Å². The Labute approximate surface area is 178 Å². The number of methoxy groups -OCH3 is 2. The number of halogens is 1. The number of ether oxygens (including phenoxy) is 3. The van der Waals surface area contributed by atoms with Crippen LogP contribution in [0.2, 0.25) is 0 Å². The minimum absolute atomic E-state index is 0.320. The maximum Gasteiger partial charge on any atom is 0.346 e. The van der Waals surface area contributed by atoms with E-state index in [1.54, 1.807) is 27.3 Å². The molecule has 0 amide bonds. The fourth-order valence-corrected chi connectivity index (χ4v) is 3.51. The number of carbonyl (C=O) groups excluding carboxylic acids is 1. The second kappa shape index (κ2) is 9.60. The number of benzene rings is 2. The Morgan fingerprint density at radius 2 is 1.90 bits per heavy atom. The Kier molecular flexibility index (Phi) is 6.93. The van der Waals surface area contributed by atoms with Crippen molar-refractivity contribution in [3.8, 4) is 11.5 Å². The molecule has 1 aromatic heterocycles. The predicted molar refractivity (Wildman–Crippen MR) is 116 cm³/mol. The molecule has 6 nitrogen and oxygen atoms in total. The molecule has 0 aliphatic heterocycles. The van der Waals surface area contributed by atoms with E-state index in [0.717, 1.165) is 33.0 Å². The Balaban J connectivity index is 1.87. The Bertz CT molecular complexity index is 1020. The highest BCUT2D eigenvalue weighted by molar-refractivity contribution is 9.10. The first kappa shape index (κ1) is 20.9. The Hall–Kier alpha value is -2.80. The monoisotopic (exact) mass is 459 g/mol. The number of aromatic amines is 1. The lowest BCUT2D eigenvalue weighted by Crippen LogP contribution is -2.17. The molecule has 3 aromatic rings. The van der Waals surface area contributed by atoms with Gasteiger partial charge >= 0.3 is 5.97 Å². The number of carbonyl (C=O) groups is 1. The molecule has 0 aliphatic carbocycles. The van der Waals surface area contributed by atoms with Gasteiger partial charge in [0.1, 0.15) is 5.56 Å². The summed E-state index contributed by atoms with van der Waals surface area (Å²) < 4.78 is 16.8. The zero-order valence-corrected chi connectivity index (χ0v) is 18.3. The van der Waals surface area contributed by atoms with Crippen LogP contribution >= 0.6 is 15.9 Å². The van der Waals surface area contributed by atoms with Crippen LogP contribution in [0.5, 0.6) is 11.5 Å². The van der Waals surface area contributed by atoms with Crippen LogP contribution in [0.1, 0.15) is 22.8 Å². The first-order valence-electron chi connectivity index (χ1n) is 9.33. The van der Waals surface area contributed by atoms with E-state index in [0.29, 0.717) is 30.2 Å². The lowest BCUT2D eigenvalue weighted by atomic mass is 10.1. The molecule has 0 saturated heterocycles. The summed E-state index contributed by atoms with van der Waals surface area (Å²) in [6.07, 6.45) is 2.43. The van der Waals surface area contributed by atoms with Gasteiger partial charge in [0.2, 0.25) is 5.52 Å². The number of hydrogen-bond acceptors (Lipinski definition) is 5. The van der Waals surface area contributed by atoms with Crippen LogP contribution < -0.4 is 19.8 Å². The number of anilines is 1. The van der Waals surface area contributed by atoms with E-state index in [1.165, 1.54) is 0 Å². The maximum absolute atomic E-state index is 12.5. The molecule has 0 atom stereocenters. The van der Waals surface area contributed by atoms with E-state index in [1.807, 2.05) is 36.4 Å². The molecule has 1 heterocycles.